The average molecular weight is 247 g/mol. The summed E-state index contributed by atoms with van der Waals surface area (Å²) in [5, 5.41) is 9.28. The number of aromatic nitrogens is 2. The zero-order chi connectivity index (χ0) is 13.3. The number of likely N-dealkylation sites (N-methyl/N-ethyl adjacent to an activating group) is 1. The summed E-state index contributed by atoms with van der Waals surface area (Å²) in [6, 6.07) is 5.59. The number of rotatable bonds is 3. The molecule has 2 heterocycles. The van der Waals surface area contributed by atoms with Crippen molar-refractivity contribution in [2.24, 2.45) is 0 Å². The molecule has 96 valence electrons. The van der Waals surface area contributed by atoms with Crippen LogP contribution in [0.4, 0.5) is 0 Å². The van der Waals surface area contributed by atoms with Gasteiger partial charge in [-0.1, -0.05) is 6.07 Å². The van der Waals surface area contributed by atoms with Gasteiger partial charge in [0, 0.05) is 19.4 Å². The van der Waals surface area contributed by atoms with Crippen LogP contribution < -0.4 is 0 Å². The third-order valence-corrected chi connectivity index (χ3v) is 3.18. The number of amides is 1. The van der Waals surface area contributed by atoms with Crippen LogP contribution in [0.3, 0.4) is 0 Å². The van der Waals surface area contributed by atoms with E-state index in [9.17, 15) is 9.90 Å². The van der Waals surface area contributed by atoms with Crippen molar-refractivity contribution in [1.82, 2.24) is 14.3 Å². The number of imidazole rings is 1. The highest BCUT2D eigenvalue weighted by molar-refractivity contribution is 5.93. The van der Waals surface area contributed by atoms with Crippen LogP contribution in [0.5, 0.6) is 0 Å². The predicted molar refractivity (Wildman–Crippen MR) is 68.5 cm³/mol. The van der Waals surface area contributed by atoms with Crippen molar-refractivity contribution >= 4 is 11.6 Å². The molecule has 0 fully saturated rings. The van der Waals surface area contributed by atoms with Gasteiger partial charge in [0.05, 0.1) is 12.1 Å². The smallest absolute Gasteiger partial charge is 0.274 e. The van der Waals surface area contributed by atoms with Crippen molar-refractivity contribution in [2.45, 2.75) is 19.4 Å². The molecule has 0 aliphatic heterocycles. The van der Waals surface area contributed by atoms with Crippen LogP contribution in [0.2, 0.25) is 0 Å². The average Bonchev–Trinajstić information content (AvgIpc) is 2.80. The van der Waals surface area contributed by atoms with Crippen LogP contribution in [-0.2, 0) is 0 Å². The fraction of sp³-hybridized carbons (Fsp3) is 0.385. The number of carbonyl (C=O) groups is 1. The van der Waals surface area contributed by atoms with Crippen molar-refractivity contribution in [3.63, 3.8) is 0 Å². The number of aliphatic hydroxyl groups excluding tert-OH is 1. The van der Waals surface area contributed by atoms with Crippen LogP contribution in [0, 0.1) is 0 Å². The first kappa shape index (κ1) is 12.6. The molecule has 0 spiro atoms. The topological polar surface area (TPSA) is 57.8 Å². The number of carbonyl (C=O) groups excluding carboxylic acids is 1. The molecule has 1 amide bonds. The molecule has 0 aromatic carbocycles. The van der Waals surface area contributed by atoms with Crippen molar-refractivity contribution in [2.75, 3.05) is 13.7 Å². The van der Waals surface area contributed by atoms with Gasteiger partial charge in [0.2, 0.25) is 0 Å². The fourth-order valence-electron chi connectivity index (χ4n) is 1.59. The maximum absolute atomic E-state index is 12.3. The van der Waals surface area contributed by atoms with Crippen molar-refractivity contribution in [3.05, 3.63) is 36.3 Å². The summed E-state index contributed by atoms with van der Waals surface area (Å²) in [4.78, 5) is 18.0. The maximum atomic E-state index is 12.3. The summed E-state index contributed by atoms with van der Waals surface area (Å²) in [5.74, 6) is -0.197. The van der Waals surface area contributed by atoms with E-state index < -0.39 is 5.54 Å². The van der Waals surface area contributed by atoms with E-state index in [1.165, 1.54) is 4.90 Å². The SMILES string of the molecule is CN(C(=O)c1cn2ccccc2n1)C(C)(C)CO. The lowest BCUT2D eigenvalue weighted by molar-refractivity contribution is 0.0468. The highest BCUT2D eigenvalue weighted by Crippen LogP contribution is 2.15. The lowest BCUT2D eigenvalue weighted by atomic mass is 10.1. The van der Waals surface area contributed by atoms with E-state index >= 15 is 0 Å². The van der Waals surface area contributed by atoms with Gasteiger partial charge < -0.3 is 14.4 Å². The van der Waals surface area contributed by atoms with E-state index in [2.05, 4.69) is 4.98 Å². The molecule has 5 nitrogen and oxygen atoms in total. The first-order chi connectivity index (χ1) is 8.45. The van der Waals surface area contributed by atoms with Gasteiger partial charge >= 0.3 is 0 Å². The van der Waals surface area contributed by atoms with E-state index in [1.807, 2.05) is 24.4 Å². The van der Waals surface area contributed by atoms with Crippen molar-refractivity contribution in [3.8, 4) is 0 Å². The number of pyridine rings is 1. The molecule has 0 saturated carbocycles. The van der Waals surface area contributed by atoms with Gasteiger partial charge in [-0.3, -0.25) is 4.79 Å². The molecule has 0 aliphatic carbocycles. The zero-order valence-corrected chi connectivity index (χ0v) is 10.8. The molecule has 2 rings (SSSR count). The summed E-state index contributed by atoms with van der Waals surface area (Å²) in [6.07, 6.45) is 3.54. The Labute approximate surface area is 106 Å². The number of hydrogen-bond donors (Lipinski definition) is 1. The van der Waals surface area contributed by atoms with Gasteiger partial charge in [-0.2, -0.15) is 0 Å². The fourth-order valence-corrected chi connectivity index (χ4v) is 1.59. The molecule has 5 heteroatoms. The molecule has 0 bridgehead atoms. The summed E-state index contributed by atoms with van der Waals surface area (Å²) in [5.41, 5.74) is 0.508. The van der Waals surface area contributed by atoms with Gasteiger partial charge in [-0.15, -0.1) is 0 Å². The summed E-state index contributed by atoms with van der Waals surface area (Å²) >= 11 is 0. The third kappa shape index (κ3) is 2.09. The van der Waals surface area contributed by atoms with Gasteiger partial charge in [0.25, 0.3) is 5.91 Å². The van der Waals surface area contributed by atoms with E-state index in [-0.39, 0.29) is 12.5 Å². The largest absolute Gasteiger partial charge is 0.394 e. The number of aliphatic hydroxyl groups is 1. The van der Waals surface area contributed by atoms with E-state index in [1.54, 1.807) is 31.5 Å². The molecule has 0 unspecified atom stereocenters. The van der Waals surface area contributed by atoms with Crippen LogP contribution in [0.1, 0.15) is 24.3 Å². The first-order valence-corrected chi connectivity index (χ1v) is 5.78. The number of nitrogens with zero attached hydrogens (tertiary/aromatic N) is 3. The molecule has 2 aromatic rings. The summed E-state index contributed by atoms with van der Waals surface area (Å²) in [7, 11) is 1.67. The normalized spacial score (nSPS) is 11.8. The minimum Gasteiger partial charge on any atom is -0.394 e. The van der Waals surface area contributed by atoms with E-state index in [0.717, 1.165) is 5.65 Å². The third-order valence-electron chi connectivity index (χ3n) is 3.18. The lowest BCUT2D eigenvalue weighted by Crippen LogP contribution is -2.47. The molecule has 0 radical (unpaired) electrons. The highest BCUT2D eigenvalue weighted by Gasteiger charge is 2.28. The molecule has 0 atom stereocenters. The number of hydrogen-bond acceptors (Lipinski definition) is 3. The van der Waals surface area contributed by atoms with Crippen molar-refractivity contribution < 1.29 is 9.90 Å². The predicted octanol–water partition coefficient (Wildman–Crippen LogP) is 1.18. The second-order valence-corrected chi connectivity index (χ2v) is 4.93. The Morgan fingerprint density at radius 1 is 1.50 bits per heavy atom. The van der Waals surface area contributed by atoms with Gasteiger partial charge in [0.15, 0.2) is 0 Å². The summed E-state index contributed by atoms with van der Waals surface area (Å²) < 4.78 is 1.80. The second kappa shape index (κ2) is 4.42. The number of fused-ring (bicyclic) bond motifs is 1. The lowest BCUT2D eigenvalue weighted by Gasteiger charge is -2.33. The van der Waals surface area contributed by atoms with E-state index in [0.29, 0.717) is 5.69 Å². The molecule has 1 N–H and O–H groups in total. The second-order valence-electron chi connectivity index (χ2n) is 4.93. The maximum Gasteiger partial charge on any atom is 0.274 e. The molecule has 18 heavy (non-hydrogen) atoms. The zero-order valence-electron chi connectivity index (χ0n) is 10.8. The van der Waals surface area contributed by atoms with Gasteiger partial charge in [-0.25, -0.2) is 4.98 Å². The highest BCUT2D eigenvalue weighted by atomic mass is 16.3. The minimum absolute atomic E-state index is 0.0946. The molecular weight excluding hydrogens is 230 g/mol. The van der Waals surface area contributed by atoms with E-state index in [4.69, 9.17) is 0 Å². The quantitative estimate of drug-likeness (QED) is 0.886. The summed E-state index contributed by atoms with van der Waals surface area (Å²) in [6.45, 7) is 3.52. The van der Waals surface area contributed by atoms with Crippen LogP contribution >= 0.6 is 0 Å². The van der Waals surface area contributed by atoms with Crippen molar-refractivity contribution in [1.29, 1.82) is 0 Å². The van der Waals surface area contributed by atoms with Crippen LogP contribution in [-0.4, -0.2) is 44.5 Å². The Balaban J connectivity index is 2.34. The van der Waals surface area contributed by atoms with Crippen LogP contribution in [0.15, 0.2) is 30.6 Å². The standard InChI is InChI=1S/C13H17N3O2/c1-13(2,9-17)15(3)12(18)10-8-16-7-5-4-6-11(16)14-10/h4-8,17H,9H2,1-3H3. The molecule has 0 aliphatic rings. The monoisotopic (exact) mass is 247 g/mol. The van der Waals surface area contributed by atoms with Gasteiger partial charge in [0.1, 0.15) is 11.3 Å². The Morgan fingerprint density at radius 2 is 2.22 bits per heavy atom. The Kier molecular flexibility index (Phi) is 3.09. The minimum atomic E-state index is -0.604. The molecular formula is C13H17N3O2. The molecule has 2 aromatic heterocycles. The van der Waals surface area contributed by atoms with Gasteiger partial charge in [-0.05, 0) is 26.0 Å². The Hall–Kier alpha value is -1.88. The van der Waals surface area contributed by atoms with Crippen LogP contribution in [0.25, 0.3) is 5.65 Å². The first-order valence-electron chi connectivity index (χ1n) is 5.78. The Morgan fingerprint density at radius 3 is 2.83 bits per heavy atom. The Bertz CT molecular complexity index is 541. The molecule has 0 saturated heterocycles.